The molecule has 0 aromatic rings. The molecule has 0 spiro atoms. The third kappa shape index (κ3) is 22.7. The van der Waals surface area contributed by atoms with Crippen LogP contribution in [0, 0.1) is 0 Å². The summed E-state index contributed by atoms with van der Waals surface area (Å²) < 4.78 is 21.8. The fourth-order valence-electron chi connectivity index (χ4n) is 4.62. The Bertz CT molecular complexity index is 994. The summed E-state index contributed by atoms with van der Waals surface area (Å²) in [4.78, 5) is 66.9. The zero-order valence-electron chi connectivity index (χ0n) is 31.6. The van der Waals surface area contributed by atoms with E-state index in [1.54, 1.807) is 88.0 Å². The van der Waals surface area contributed by atoms with Crippen LogP contribution in [0.4, 0.5) is 0 Å². The number of carbonyl (C=O) groups excluding carboxylic acids is 4. The molecule has 0 heterocycles. The number of ether oxygens (including phenoxy) is 4. The zero-order chi connectivity index (χ0) is 37.6. The lowest BCUT2D eigenvalue weighted by Crippen LogP contribution is -2.56. The van der Waals surface area contributed by atoms with Crippen molar-refractivity contribution in [1.29, 1.82) is 0 Å². The van der Waals surface area contributed by atoms with Crippen molar-refractivity contribution >= 4 is 29.8 Å². The number of rotatable bonds is 20. The molecule has 0 amide bonds. The van der Waals surface area contributed by atoms with Crippen molar-refractivity contribution in [1.82, 2.24) is 15.1 Å². The van der Waals surface area contributed by atoms with Crippen LogP contribution in [0.1, 0.15) is 109 Å². The Morgan fingerprint density at radius 3 is 1.19 bits per heavy atom. The zero-order valence-corrected chi connectivity index (χ0v) is 31.6. The number of unbranched alkanes of at least 4 members (excludes halogenated alkanes) is 1. The van der Waals surface area contributed by atoms with E-state index in [-0.39, 0.29) is 58.7 Å². The summed E-state index contributed by atoms with van der Waals surface area (Å²) in [6.07, 6.45) is 1.29. The van der Waals surface area contributed by atoms with Crippen molar-refractivity contribution < 1.29 is 48.0 Å². The monoisotopic (exact) mass is 688 g/mol. The molecule has 0 saturated carbocycles. The molecule has 0 bridgehead atoms. The number of hydrogen-bond donors (Lipinski definition) is 3. The molecule has 0 aliphatic rings. The first kappa shape index (κ1) is 45.2. The lowest BCUT2D eigenvalue weighted by Gasteiger charge is -2.34. The first-order chi connectivity index (χ1) is 21.7. The highest BCUT2D eigenvalue weighted by molar-refractivity contribution is 5.79. The van der Waals surface area contributed by atoms with Crippen LogP contribution < -0.4 is 11.1 Å². The number of carboxylic acids is 1. The molecular weight excluding hydrogens is 624 g/mol. The summed E-state index contributed by atoms with van der Waals surface area (Å²) in [5, 5.41) is 13.7. The second-order valence-electron chi connectivity index (χ2n) is 16.1. The van der Waals surface area contributed by atoms with Crippen LogP contribution in [0.5, 0.6) is 0 Å². The Kier molecular flexibility index (Phi) is 18.3. The van der Waals surface area contributed by atoms with Crippen LogP contribution in [-0.4, -0.2) is 125 Å². The number of nitrogens with one attached hydrogen (secondary N) is 1. The average molecular weight is 689 g/mol. The molecule has 0 rings (SSSR count). The highest BCUT2D eigenvalue weighted by atomic mass is 16.6. The summed E-state index contributed by atoms with van der Waals surface area (Å²) in [5.74, 6) is -3.34. The minimum Gasteiger partial charge on any atom is -0.480 e. The van der Waals surface area contributed by atoms with Crippen LogP contribution in [-0.2, 0) is 42.9 Å². The van der Waals surface area contributed by atoms with Gasteiger partial charge in [0.25, 0.3) is 0 Å². The van der Waals surface area contributed by atoms with Gasteiger partial charge in [-0.25, -0.2) is 0 Å². The highest BCUT2D eigenvalue weighted by Gasteiger charge is 2.38. The highest BCUT2D eigenvalue weighted by Crippen LogP contribution is 2.21. The largest absolute Gasteiger partial charge is 0.480 e. The van der Waals surface area contributed by atoms with Gasteiger partial charge in [-0.1, -0.05) is 0 Å². The molecule has 4 N–H and O–H groups in total. The first-order valence-electron chi connectivity index (χ1n) is 16.7. The van der Waals surface area contributed by atoms with Crippen LogP contribution in [0.15, 0.2) is 0 Å². The van der Waals surface area contributed by atoms with Gasteiger partial charge in [0.05, 0.1) is 26.2 Å². The summed E-state index contributed by atoms with van der Waals surface area (Å²) in [7, 11) is 0. The van der Waals surface area contributed by atoms with Crippen molar-refractivity contribution in [2.24, 2.45) is 5.73 Å². The Balaban J connectivity index is 6.14. The average Bonchev–Trinajstić information content (AvgIpc) is 2.81. The molecule has 0 radical (unpaired) electrons. The molecule has 1 atom stereocenters. The predicted octanol–water partition coefficient (Wildman–Crippen LogP) is 2.89. The van der Waals surface area contributed by atoms with Crippen LogP contribution in [0.2, 0.25) is 0 Å². The second kappa shape index (κ2) is 19.4. The number of esters is 4. The van der Waals surface area contributed by atoms with E-state index in [1.807, 2.05) is 0 Å². The number of carbonyl (C=O) groups is 5. The smallest absolute Gasteiger partial charge is 0.323 e. The summed E-state index contributed by atoms with van der Waals surface area (Å²) in [5.41, 5.74) is 1.24. The molecule has 280 valence electrons. The molecule has 14 nitrogen and oxygen atoms in total. The molecule has 0 saturated heterocycles. The second-order valence-corrected chi connectivity index (χ2v) is 16.1. The van der Waals surface area contributed by atoms with E-state index in [1.165, 1.54) is 4.90 Å². The molecule has 0 aliphatic carbocycles. The van der Waals surface area contributed by atoms with Gasteiger partial charge >= 0.3 is 29.8 Å². The molecule has 0 aromatic carbocycles. The molecule has 14 heteroatoms. The van der Waals surface area contributed by atoms with E-state index in [4.69, 9.17) is 24.7 Å². The fraction of sp³-hybridized carbons (Fsp3) is 0.853. The molecule has 48 heavy (non-hydrogen) atoms. The van der Waals surface area contributed by atoms with Gasteiger partial charge in [-0.2, -0.15) is 0 Å². The Morgan fingerprint density at radius 2 is 0.896 bits per heavy atom. The maximum absolute atomic E-state index is 12.9. The minimum absolute atomic E-state index is 0.0105. The molecule has 0 aromatic heterocycles. The quantitative estimate of drug-likeness (QED) is 0.0963. The van der Waals surface area contributed by atoms with Crippen molar-refractivity contribution in [3.8, 4) is 0 Å². The van der Waals surface area contributed by atoms with Gasteiger partial charge in [-0.3, -0.25) is 33.8 Å². The van der Waals surface area contributed by atoms with Crippen LogP contribution >= 0.6 is 0 Å². The van der Waals surface area contributed by atoms with Crippen LogP contribution in [0.3, 0.4) is 0 Å². The summed E-state index contributed by atoms with van der Waals surface area (Å²) in [6.45, 7) is 20.5. The number of nitrogens with zero attached hydrogens (tertiary/aromatic N) is 2. The SMILES string of the molecule is CC(C)(C)OC(=O)CN(CCN[C@](CCCCN)(CCN(CC(=O)OC(C)(C)C)CC(=O)OC(C)(C)C)C(=O)O)CC(=O)OC(C)(C)C. The minimum atomic E-state index is -1.49. The molecular formula is C34H64N4O10. The number of carboxylic acid groups (broad SMARTS) is 1. The van der Waals surface area contributed by atoms with Crippen molar-refractivity contribution in [3.05, 3.63) is 0 Å². The maximum Gasteiger partial charge on any atom is 0.323 e. The van der Waals surface area contributed by atoms with Crippen molar-refractivity contribution in [3.63, 3.8) is 0 Å². The third-order valence-electron chi connectivity index (χ3n) is 6.30. The van der Waals surface area contributed by atoms with Gasteiger partial charge in [0.2, 0.25) is 0 Å². The number of aliphatic carboxylic acids is 1. The van der Waals surface area contributed by atoms with Crippen molar-refractivity contribution in [2.75, 3.05) is 52.4 Å². The maximum atomic E-state index is 12.9. The Hall–Kier alpha value is -2.81. The lowest BCUT2D eigenvalue weighted by molar-refractivity contribution is -0.162. The molecule has 0 aliphatic heterocycles. The van der Waals surface area contributed by atoms with E-state index in [9.17, 15) is 29.1 Å². The molecule has 0 fully saturated rings. The van der Waals surface area contributed by atoms with E-state index >= 15 is 0 Å². The van der Waals surface area contributed by atoms with E-state index in [2.05, 4.69) is 5.32 Å². The van der Waals surface area contributed by atoms with Crippen LogP contribution in [0.25, 0.3) is 0 Å². The first-order valence-corrected chi connectivity index (χ1v) is 16.7. The van der Waals surface area contributed by atoms with Crippen molar-refractivity contribution in [2.45, 2.75) is 137 Å². The van der Waals surface area contributed by atoms with E-state index in [0.717, 1.165) is 0 Å². The lowest BCUT2D eigenvalue weighted by atomic mass is 9.88. The normalized spacial score (nSPS) is 14.0. The Morgan fingerprint density at radius 1 is 0.562 bits per heavy atom. The van der Waals surface area contributed by atoms with Gasteiger partial charge < -0.3 is 35.1 Å². The number of hydrogen-bond acceptors (Lipinski definition) is 13. The van der Waals surface area contributed by atoms with Gasteiger partial charge in [0.1, 0.15) is 27.9 Å². The van der Waals surface area contributed by atoms with E-state index in [0.29, 0.717) is 19.4 Å². The molecule has 0 unspecified atom stereocenters. The van der Waals surface area contributed by atoms with E-state index < -0.39 is 57.8 Å². The Labute approximate surface area is 287 Å². The van der Waals surface area contributed by atoms with Gasteiger partial charge in [-0.15, -0.1) is 0 Å². The predicted molar refractivity (Wildman–Crippen MR) is 182 cm³/mol. The fourth-order valence-corrected chi connectivity index (χ4v) is 4.62. The standard InChI is InChI=1S/C34H64N4O10/c1-30(2,3)45-25(39)21-37(22-26(40)46-31(4,5)6)19-16-34(29(43)44,15-13-14-17-35)36-18-20-38(23-27(41)47-32(7,8)9)24-28(42)48-33(10,11)12/h36H,13-24,35H2,1-12H3,(H,43,44)/t34-/m1/s1. The topological polar surface area (TPSA) is 187 Å². The van der Waals surface area contributed by atoms with Gasteiger partial charge in [0.15, 0.2) is 0 Å². The number of nitrogens with two attached hydrogens (primary N) is 1. The van der Waals surface area contributed by atoms with Gasteiger partial charge in [0, 0.05) is 19.6 Å². The summed E-state index contributed by atoms with van der Waals surface area (Å²) >= 11 is 0. The van der Waals surface area contributed by atoms with Gasteiger partial charge in [-0.05, 0) is 115 Å². The third-order valence-corrected chi connectivity index (χ3v) is 6.30. The summed E-state index contributed by atoms with van der Waals surface area (Å²) in [6, 6.07) is 0.